The molecule has 6 rings (SSSR count). The van der Waals surface area contributed by atoms with Crippen LogP contribution in [-0.2, 0) is 31.4 Å². The average molecular weight is 533 g/mol. The molecule has 0 radical (unpaired) electrons. The van der Waals surface area contributed by atoms with E-state index in [2.05, 4.69) is 28.6 Å². The number of nitrogens with zero attached hydrogens (tertiary/aromatic N) is 4. The Morgan fingerprint density at radius 3 is 2.58 bits per heavy atom. The molecule has 38 heavy (non-hydrogen) atoms. The van der Waals surface area contributed by atoms with Crippen molar-refractivity contribution < 1.29 is 9.53 Å². The Morgan fingerprint density at radius 2 is 1.84 bits per heavy atom. The number of likely N-dealkylation sites (N-methyl/N-ethyl adjacent to an activating group) is 1. The second-order valence-corrected chi connectivity index (χ2v) is 10.2. The van der Waals surface area contributed by atoms with Crippen LogP contribution in [0.15, 0.2) is 71.7 Å². The van der Waals surface area contributed by atoms with Gasteiger partial charge in [-0.3, -0.25) is 19.1 Å². The molecule has 0 saturated carbocycles. The molecule has 0 bridgehead atoms. The first kappa shape index (κ1) is 26.1. The Kier molecular flexibility index (Phi) is 7.32. The number of halogens is 1. The molecule has 7 nitrogen and oxygen atoms in total. The zero-order chi connectivity index (χ0) is 25.5. The molecule has 0 spiro atoms. The molecule has 198 valence electrons. The molecular weight excluding hydrogens is 500 g/mol. The zero-order valence-corrected chi connectivity index (χ0v) is 22.6. The quantitative estimate of drug-likeness (QED) is 0.384. The molecule has 1 amide bonds. The molecule has 1 fully saturated rings. The molecule has 8 heteroatoms. The number of hydrogen-bond donors (Lipinski definition) is 0. The van der Waals surface area contributed by atoms with Crippen LogP contribution >= 0.6 is 12.4 Å². The van der Waals surface area contributed by atoms with Gasteiger partial charge in [0.15, 0.2) is 0 Å². The van der Waals surface area contributed by atoms with Crippen LogP contribution in [0.1, 0.15) is 29.7 Å². The summed E-state index contributed by atoms with van der Waals surface area (Å²) in [7, 11) is 4.13. The minimum Gasteiger partial charge on any atom is -0.489 e. The Bertz CT molecular complexity index is 1530. The number of aromatic nitrogens is 2. The van der Waals surface area contributed by atoms with Crippen molar-refractivity contribution >= 4 is 29.2 Å². The number of benzene rings is 2. The third-order valence-electron chi connectivity index (χ3n) is 7.92. The highest BCUT2D eigenvalue weighted by Crippen LogP contribution is 2.32. The molecule has 2 aliphatic heterocycles. The SMILES string of the molecule is CN1CCC[C@H]1C(=O)N1CCc2c(c3ccc(-n4ccc(OCc5ccccc5)cc4=O)cc3n2C)C1.Cl. The number of fused-ring (bicyclic) bond motifs is 3. The highest BCUT2D eigenvalue weighted by Gasteiger charge is 2.34. The fourth-order valence-electron chi connectivity index (χ4n) is 5.84. The summed E-state index contributed by atoms with van der Waals surface area (Å²) in [6.07, 6.45) is 4.64. The Labute approximate surface area is 228 Å². The number of hydrogen-bond acceptors (Lipinski definition) is 4. The van der Waals surface area contributed by atoms with Gasteiger partial charge in [0.05, 0.1) is 17.2 Å². The number of ether oxygens (including phenoxy) is 1. The summed E-state index contributed by atoms with van der Waals surface area (Å²) in [4.78, 5) is 30.4. The van der Waals surface area contributed by atoms with Crippen molar-refractivity contribution in [3.05, 3.63) is 94.0 Å². The van der Waals surface area contributed by atoms with Gasteiger partial charge in [-0.15, -0.1) is 12.4 Å². The van der Waals surface area contributed by atoms with Crippen LogP contribution in [0.25, 0.3) is 16.6 Å². The lowest BCUT2D eigenvalue weighted by Gasteiger charge is -2.32. The molecule has 1 atom stereocenters. The van der Waals surface area contributed by atoms with Gasteiger partial charge in [0, 0.05) is 55.5 Å². The number of likely N-dealkylation sites (tertiary alicyclic amines) is 1. The van der Waals surface area contributed by atoms with Gasteiger partial charge in [-0.2, -0.15) is 0 Å². The number of carbonyl (C=O) groups is 1. The van der Waals surface area contributed by atoms with Gasteiger partial charge in [0.1, 0.15) is 12.4 Å². The van der Waals surface area contributed by atoms with E-state index in [1.54, 1.807) is 10.8 Å². The van der Waals surface area contributed by atoms with Crippen molar-refractivity contribution in [1.82, 2.24) is 18.9 Å². The number of aryl methyl sites for hydroxylation is 1. The number of carbonyl (C=O) groups excluding carboxylic acids is 1. The average Bonchev–Trinajstić information content (AvgIpc) is 3.48. The lowest BCUT2D eigenvalue weighted by Crippen LogP contribution is -2.46. The highest BCUT2D eigenvalue weighted by molar-refractivity contribution is 5.89. The van der Waals surface area contributed by atoms with Crippen LogP contribution < -0.4 is 10.3 Å². The van der Waals surface area contributed by atoms with Crippen molar-refractivity contribution in [2.24, 2.45) is 7.05 Å². The van der Waals surface area contributed by atoms with Gasteiger partial charge in [-0.25, -0.2) is 0 Å². The van der Waals surface area contributed by atoms with E-state index in [0.29, 0.717) is 18.9 Å². The van der Waals surface area contributed by atoms with Crippen molar-refractivity contribution in [1.29, 1.82) is 0 Å². The molecule has 1 saturated heterocycles. The van der Waals surface area contributed by atoms with Crippen molar-refractivity contribution in [2.45, 2.75) is 38.5 Å². The van der Waals surface area contributed by atoms with Crippen molar-refractivity contribution in [2.75, 3.05) is 20.1 Å². The van der Waals surface area contributed by atoms with E-state index in [9.17, 15) is 9.59 Å². The van der Waals surface area contributed by atoms with Crippen LogP contribution in [0.4, 0.5) is 0 Å². The highest BCUT2D eigenvalue weighted by atomic mass is 35.5. The van der Waals surface area contributed by atoms with Crippen LogP contribution in [0.3, 0.4) is 0 Å². The van der Waals surface area contributed by atoms with E-state index in [0.717, 1.165) is 54.5 Å². The maximum absolute atomic E-state index is 13.2. The summed E-state index contributed by atoms with van der Waals surface area (Å²) in [6.45, 7) is 2.80. The molecule has 4 heterocycles. The number of amides is 1. The largest absolute Gasteiger partial charge is 0.489 e. The molecule has 2 aliphatic rings. The second-order valence-electron chi connectivity index (χ2n) is 10.2. The maximum Gasteiger partial charge on any atom is 0.258 e. The van der Waals surface area contributed by atoms with E-state index < -0.39 is 0 Å². The van der Waals surface area contributed by atoms with Gasteiger partial charge in [-0.05, 0) is 50.2 Å². The summed E-state index contributed by atoms with van der Waals surface area (Å²) in [5.74, 6) is 0.804. The first-order chi connectivity index (χ1) is 18.0. The molecule has 2 aromatic carbocycles. The topological polar surface area (TPSA) is 59.7 Å². The number of pyridine rings is 1. The third-order valence-corrected chi connectivity index (χ3v) is 7.92. The standard InChI is InChI=1S/C30H32N4O3.ClH/c1-31-14-6-9-27(31)30(36)33-15-13-26-25(19-33)24-11-10-22(17-28(24)32(26)2)34-16-12-23(18-29(34)35)37-20-21-7-4-3-5-8-21;/h3-5,7-8,10-12,16-18,27H,6,9,13-15,19-20H2,1-2H3;1H/t27-;/m0./s1. The Balaban J connectivity index is 0.00000294. The fourth-order valence-corrected chi connectivity index (χ4v) is 5.84. The van der Waals surface area contributed by atoms with E-state index in [-0.39, 0.29) is 29.9 Å². The monoisotopic (exact) mass is 532 g/mol. The Hall–Kier alpha value is -3.55. The van der Waals surface area contributed by atoms with Gasteiger partial charge in [-0.1, -0.05) is 36.4 Å². The minimum absolute atomic E-state index is 0. The lowest BCUT2D eigenvalue weighted by atomic mass is 10.0. The summed E-state index contributed by atoms with van der Waals surface area (Å²) >= 11 is 0. The lowest BCUT2D eigenvalue weighted by molar-refractivity contribution is -0.136. The van der Waals surface area contributed by atoms with Crippen molar-refractivity contribution in [3.8, 4) is 11.4 Å². The van der Waals surface area contributed by atoms with Crippen LogP contribution in [0, 0.1) is 0 Å². The molecular formula is C30H33ClN4O3. The van der Waals surface area contributed by atoms with Gasteiger partial charge in [0.2, 0.25) is 5.91 Å². The van der Waals surface area contributed by atoms with Gasteiger partial charge in [0.25, 0.3) is 5.56 Å². The summed E-state index contributed by atoms with van der Waals surface area (Å²) in [6, 6.07) is 19.4. The van der Waals surface area contributed by atoms with Crippen LogP contribution in [-0.4, -0.2) is 51.0 Å². The van der Waals surface area contributed by atoms with Crippen LogP contribution in [0.5, 0.6) is 5.75 Å². The first-order valence-electron chi connectivity index (χ1n) is 13.0. The summed E-state index contributed by atoms with van der Waals surface area (Å²) in [5.41, 5.74) is 5.30. The summed E-state index contributed by atoms with van der Waals surface area (Å²) < 4.78 is 9.70. The number of rotatable bonds is 5. The van der Waals surface area contributed by atoms with Crippen molar-refractivity contribution in [3.63, 3.8) is 0 Å². The maximum atomic E-state index is 13.2. The molecule has 4 aromatic rings. The van der Waals surface area contributed by atoms with Gasteiger partial charge >= 0.3 is 0 Å². The van der Waals surface area contributed by atoms with E-state index in [1.807, 2.05) is 54.4 Å². The second kappa shape index (κ2) is 10.7. The zero-order valence-electron chi connectivity index (χ0n) is 21.8. The Morgan fingerprint density at radius 1 is 1.03 bits per heavy atom. The van der Waals surface area contributed by atoms with E-state index in [4.69, 9.17) is 4.74 Å². The van der Waals surface area contributed by atoms with Crippen LogP contribution in [0.2, 0.25) is 0 Å². The molecule has 2 aromatic heterocycles. The normalized spacial score (nSPS) is 17.3. The molecule has 0 N–H and O–H groups in total. The first-order valence-corrected chi connectivity index (χ1v) is 13.0. The summed E-state index contributed by atoms with van der Waals surface area (Å²) in [5, 5.41) is 1.15. The van der Waals surface area contributed by atoms with E-state index >= 15 is 0 Å². The molecule has 0 aliphatic carbocycles. The van der Waals surface area contributed by atoms with Gasteiger partial charge < -0.3 is 14.2 Å². The smallest absolute Gasteiger partial charge is 0.258 e. The molecule has 0 unspecified atom stereocenters. The predicted octanol–water partition coefficient (Wildman–Crippen LogP) is 4.31. The fraction of sp³-hybridized carbons (Fsp3) is 0.333. The predicted molar refractivity (Wildman–Crippen MR) is 151 cm³/mol. The van der Waals surface area contributed by atoms with E-state index in [1.165, 1.54) is 17.3 Å². The minimum atomic E-state index is -0.138. The third kappa shape index (κ3) is 4.72.